The van der Waals surface area contributed by atoms with Gasteiger partial charge in [0.2, 0.25) is 6.79 Å². The van der Waals surface area contributed by atoms with Crippen LogP contribution >= 0.6 is 23.5 Å². The van der Waals surface area contributed by atoms with E-state index in [1.165, 1.54) is 23.8 Å². The standard InChI is InChI=1S/C22H14ClFN2O3S/c23-14-6-5-12(24)7-13(14)20-18-15(26-9-11-3-1-2-4-17(11)30-26)8-16-21(29-10-28-16)19(18)22(27)25-20/h1-8,20H,9-10H2,(H,25,27)/t20-/m0/s1. The number of nitrogens with one attached hydrogen (secondary N) is 1. The summed E-state index contributed by atoms with van der Waals surface area (Å²) >= 11 is 8.00. The summed E-state index contributed by atoms with van der Waals surface area (Å²) in [5, 5.41) is 3.34. The monoisotopic (exact) mass is 440 g/mol. The van der Waals surface area contributed by atoms with Crippen LogP contribution in [0.3, 0.4) is 0 Å². The molecule has 3 aliphatic heterocycles. The molecule has 0 saturated heterocycles. The first-order valence-corrected chi connectivity index (χ1v) is 10.5. The minimum absolute atomic E-state index is 0.0528. The lowest BCUT2D eigenvalue weighted by Gasteiger charge is -2.23. The number of benzene rings is 3. The van der Waals surface area contributed by atoms with Crippen LogP contribution in [-0.2, 0) is 6.54 Å². The highest BCUT2D eigenvalue weighted by Crippen LogP contribution is 2.52. The van der Waals surface area contributed by atoms with E-state index in [1.54, 1.807) is 11.9 Å². The summed E-state index contributed by atoms with van der Waals surface area (Å²) in [5.74, 6) is 0.243. The van der Waals surface area contributed by atoms with Crippen molar-refractivity contribution in [3.05, 3.63) is 81.6 Å². The highest BCUT2D eigenvalue weighted by atomic mass is 35.5. The smallest absolute Gasteiger partial charge is 0.256 e. The fourth-order valence-corrected chi connectivity index (χ4v) is 5.48. The zero-order valence-corrected chi connectivity index (χ0v) is 17.0. The van der Waals surface area contributed by atoms with Gasteiger partial charge in [-0.05, 0) is 41.8 Å². The van der Waals surface area contributed by atoms with Gasteiger partial charge in [-0.25, -0.2) is 4.39 Å². The molecule has 0 aliphatic carbocycles. The molecule has 3 aromatic rings. The molecule has 1 N–H and O–H groups in total. The van der Waals surface area contributed by atoms with E-state index in [0.29, 0.717) is 34.2 Å². The van der Waals surface area contributed by atoms with Gasteiger partial charge in [0, 0.05) is 27.1 Å². The Balaban J connectivity index is 1.55. The highest BCUT2D eigenvalue weighted by molar-refractivity contribution is 8.01. The fraction of sp³-hybridized carbons (Fsp3) is 0.136. The van der Waals surface area contributed by atoms with Crippen LogP contribution in [0.5, 0.6) is 11.5 Å². The minimum atomic E-state index is -0.593. The number of anilines is 1. The van der Waals surface area contributed by atoms with Crippen molar-refractivity contribution < 1.29 is 18.7 Å². The van der Waals surface area contributed by atoms with Crippen molar-refractivity contribution in [1.29, 1.82) is 0 Å². The summed E-state index contributed by atoms with van der Waals surface area (Å²) in [7, 11) is 0. The number of fused-ring (bicyclic) bond motifs is 4. The first-order chi connectivity index (χ1) is 14.6. The van der Waals surface area contributed by atoms with E-state index < -0.39 is 11.9 Å². The first-order valence-electron chi connectivity index (χ1n) is 9.36. The van der Waals surface area contributed by atoms with Crippen molar-refractivity contribution in [2.45, 2.75) is 17.5 Å². The molecule has 0 aromatic heterocycles. The molecule has 0 unspecified atom stereocenters. The second-order valence-electron chi connectivity index (χ2n) is 7.23. The lowest BCUT2D eigenvalue weighted by molar-refractivity contribution is 0.0956. The maximum Gasteiger partial charge on any atom is 0.256 e. The summed E-state index contributed by atoms with van der Waals surface area (Å²) in [6.07, 6.45) is 0. The SMILES string of the molecule is O=C1N[C@@H](c2cc(F)ccc2Cl)c2c(N3Cc4ccccc4S3)cc3c(c21)OCO3. The molecular weight excluding hydrogens is 427 g/mol. The van der Waals surface area contributed by atoms with Crippen molar-refractivity contribution in [3.8, 4) is 11.5 Å². The molecule has 1 atom stereocenters. The van der Waals surface area contributed by atoms with Crippen molar-refractivity contribution in [2.24, 2.45) is 0 Å². The van der Waals surface area contributed by atoms with E-state index in [1.807, 2.05) is 18.2 Å². The number of amides is 1. The lowest BCUT2D eigenvalue weighted by Crippen LogP contribution is -2.21. The summed E-state index contributed by atoms with van der Waals surface area (Å²) in [4.78, 5) is 14.1. The highest BCUT2D eigenvalue weighted by Gasteiger charge is 2.41. The maximum absolute atomic E-state index is 14.0. The van der Waals surface area contributed by atoms with Crippen molar-refractivity contribution in [3.63, 3.8) is 0 Å². The number of hydrogen-bond acceptors (Lipinski definition) is 5. The van der Waals surface area contributed by atoms with E-state index in [2.05, 4.69) is 21.8 Å². The van der Waals surface area contributed by atoms with Gasteiger partial charge < -0.3 is 19.1 Å². The third-order valence-electron chi connectivity index (χ3n) is 5.51. The normalized spacial score (nSPS) is 18.4. The molecule has 5 nitrogen and oxygen atoms in total. The molecule has 3 aromatic carbocycles. The van der Waals surface area contributed by atoms with Gasteiger partial charge in [0.1, 0.15) is 5.82 Å². The molecule has 6 rings (SSSR count). The Hall–Kier alpha value is -2.90. The second-order valence-corrected chi connectivity index (χ2v) is 8.70. The Morgan fingerprint density at radius 3 is 2.90 bits per heavy atom. The number of carbonyl (C=O) groups is 1. The maximum atomic E-state index is 14.0. The molecule has 3 aliphatic rings. The predicted molar refractivity (Wildman–Crippen MR) is 112 cm³/mol. The van der Waals surface area contributed by atoms with Gasteiger partial charge in [-0.2, -0.15) is 0 Å². The van der Waals surface area contributed by atoms with Crippen LogP contribution in [-0.4, -0.2) is 12.7 Å². The summed E-state index contributed by atoms with van der Waals surface area (Å²) in [6.45, 7) is 0.724. The molecule has 30 heavy (non-hydrogen) atoms. The summed E-state index contributed by atoms with van der Waals surface area (Å²) in [5.41, 5.74) is 3.66. The van der Waals surface area contributed by atoms with E-state index in [9.17, 15) is 9.18 Å². The van der Waals surface area contributed by atoms with E-state index in [4.69, 9.17) is 21.1 Å². The Kier molecular flexibility index (Phi) is 3.91. The molecular formula is C22H14ClFN2O3S. The number of halogens is 2. The Labute approximate surface area is 180 Å². The number of nitrogens with zero attached hydrogens (tertiary/aromatic N) is 1. The minimum Gasteiger partial charge on any atom is -0.453 e. The van der Waals surface area contributed by atoms with Gasteiger partial charge in [-0.3, -0.25) is 4.79 Å². The molecule has 0 saturated carbocycles. The Morgan fingerprint density at radius 2 is 2.03 bits per heavy atom. The zero-order chi connectivity index (χ0) is 20.4. The van der Waals surface area contributed by atoms with Gasteiger partial charge in [0.25, 0.3) is 5.91 Å². The predicted octanol–water partition coefficient (Wildman–Crippen LogP) is 5.07. The summed E-state index contributed by atoms with van der Waals surface area (Å²) in [6, 6.07) is 13.6. The molecule has 8 heteroatoms. The molecule has 3 heterocycles. The van der Waals surface area contributed by atoms with Crippen LogP contribution in [0.2, 0.25) is 5.02 Å². The van der Waals surface area contributed by atoms with Gasteiger partial charge in [-0.1, -0.05) is 29.8 Å². The van der Waals surface area contributed by atoms with Crippen molar-refractivity contribution >= 4 is 35.1 Å². The number of rotatable bonds is 2. The van der Waals surface area contributed by atoms with Crippen LogP contribution in [0.1, 0.15) is 33.1 Å². The first kappa shape index (κ1) is 17.9. The second kappa shape index (κ2) is 6.55. The molecule has 1 amide bonds. The van der Waals surface area contributed by atoms with Crippen LogP contribution < -0.4 is 19.1 Å². The molecule has 0 radical (unpaired) electrons. The number of carbonyl (C=O) groups excluding carboxylic acids is 1. The molecule has 0 spiro atoms. The zero-order valence-electron chi connectivity index (χ0n) is 15.4. The van der Waals surface area contributed by atoms with E-state index >= 15 is 0 Å². The van der Waals surface area contributed by atoms with Gasteiger partial charge in [-0.15, -0.1) is 0 Å². The molecule has 150 valence electrons. The molecule has 0 fully saturated rings. The van der Waals surface area contributed by atoms with Crippen LogP contribution in [0.25, 0.3) is 0 Å². The van der Waals surface area contributed by atoms with Crippen LogP contribution in [0.15, 0.2) is 53.4 Å². The number of hydrogen-bond donors (Lipinski definition) is 1. The van der Waals surface area contributed by atoms with Crippen LogP contribution in [0.4, 0.5) is 10.1 Å². The van der Waals surface area contributed by atoms with Crippen molar-refractivity contribution in [2.75, 3.05) is 11.1 Å². The fourth-order valence-electron chi connectivity index (χ4n) is 4.18. The lowest BCUT2D eigenvalue weighted by atomic mass is 9.95. The van der Waals surface area contributed by atoms with Gasteiger partial charge >= 0.3 is 0 Å². The van der Waals surface area contributed by atoms with Crippen LogP contribution in [0, 0.1) is 5.82 Å². The Morgan fingerprint density at radius 1 is 1.17 bits per heavy atom. The third-order valence-corrected chi connectivity index (χ3v) is 6.99. The van der Waals surface area contributed by atoms with E-state index in [0.717, 1.165) is 16.1 Å². The average Bonchev–Trinajstić information content (AvgIpc) is 3.45. The topological polar surface area (TPSA) is 50.8 Å². The van der Waals surface area contributed by atoms with Gasteiger partial charge in [0.05, 0.1) is 23.8 Å². The molecule has 0 bridgehead atoms. The average molecular weight is 441 g/mol. The third kappa shape index (κ3) is 2.58. The van der Waals surface area contributed by atoms with E-state index in [-0.39, 0.29) is 12.7 Å². The summed E-state index contributed by atoms with van der Waals surface area (Å²) < 4.78 is 27.4. The largest absolute Gasteiger partial charge is 0.453 e. The Bertz CT molecular complexity index is 1210. The quantitative estimate of drug-likeness (QED) is 0.564. The van der Waals surface area contributed by atoms with Gasteiger partial charge in [0.15, 0.2) is 11.5 Å². The van der Waals surface area contributed by atoms with Crippen molar-refractivity contribution in [1.82, 2.24) is 5.32 Å². The number of ether oxygens (including phenoxy) is 2.